The van der Waals surface area contributed by atoms with E-state index in [9.17, 15) is 0 Å². The Morgan fingerprint density at radius 1 is 1.30 bits per heavy atom. The van der Waals surface area contributed by atoms with Crippen LogP contribution >= 0.6 is 22.9 Å². The highest BCUT2D eigenvalue weighted by molar-refractivity contribution is 7.15. The van der Waals surface area contributed by atoms with Gasteiger partial charge in [0.05, 0.1) is 24.3 Å². The SMILES string of the molecule is CCN(CCn1cc[n+](C)c1)c1ccc(/N=N/c2nc(C)c(C)s2)c(Cl)c1. The molecule has 3 rings (SSSR count). The zero-order chi connectivity index (χ0) is 19.4. The summed E-state index contributed by atoms with van der Waals surface area (Å²) in [5.74, 6) is 0. The molecular formula is C19H24ClN6S+. The number of benzene rings is 1. The minimum Gasteiger partial charge on any atom is -0.368 e. The summed E-state index contributed by atoms with van der Waals surface area (Å²) in [6.07, 6.45) is 6.19. The number of nitrogens with zero attached hydrogens (tertiary/aromatic N) is 6. The van der Waals surface area contributed by atoms with E-state index in [-0.39, 0.29) is 0 Å². The molecule has 0 aliphatic carbocycles. The number of halogens is 1. The molecular weight excluding hydrogens is 380 g/mol. The van der Waals surface area contributed by atoms with Gasteiger partial charge in [0.15, 0.2) is 0 Å². The van der Waals surface area contributed by atoms with Gasteiger partial charge in [0, 0.05) is 17.1 Å². The lowest BCUT2D eigenvalue weighted by atomic mass is 10.2. The van der Waals surface area contributed by atoms with Crippen molar-refractivity contribution >= 4 is 39.4 Å². The largest absolute Gasteiger partial charge is 0.368 e. The molecule has 0 unspecified atom stereocenters. The normalized spacial score (nSPS) is 11.4. The van der Waals surface area contributed by atoms with Crippen molar-refractivity contribution in [1.29, 1.82) is 0 Å². The maximum atomic E-state index is 6.45. The fraction of sp³-hybridized carbons (Fsp3) is 0.368. The van der Waals surface area contributed by atoms with E-state index in [2.05, 4.69) is 44.1 Å². The lowest BCUT2D eigenvalue weighted by Gasteiger charge is -2.22. The number of aromatic nitrogens is 3. The first-order valence-electron chi connectivity index (χ1n) is 8.87. The van der Waals surface area contributed by atoms with Gasteiger partial charge in [0.1, 0.15) is 24.6 Å². The molecule has 3 aromatic rings. The van der Waals surface area contributed by atoms with E-state index in [1.165, 1.54) is 11.3 Å². The van der Waals surface area contributed by atoms with Crippen LogP contribution in [0.2, 0.25) is 5.02 Å². The second kappa shape index (κ2) is 8.63. The third-order valence-corrected chi connectivity index (χ3v) is 5.65. The molecule has 0 fully saturated rings. The van der Waals surface area contributed by atoms with Crippen molar-refractivity contribution < 1.29 is 4.57 Å². The lowest BCUT2D eigenvalue weighted by molar-refractivity contribution is -0.671. The van der Waals surface area contributed by atoms with Gasteiger partial charge in [-0.3, -0.25) is 0 Å². The molecule has 0 aliphatic heterocycles. The summed E-state index contributed by atoms with van der Waals surface area (Å²) in [7, 11) is 2.02. The maximum Gasteiger partial charge on any atom is 0.243 e. The topological polar surface area (TPSA) is 49.7 Å². The molecule has 0 bridgehead atoms. The molecule has 0 radical (unpaired) electrons. The maximum absolute atomic E-state index is 6.45. The first kappa shape index (κ1) is 19.5. The van der Waals surface area contributed by atoms with Crippen LogP contribution in [0.3, 0.4) is 0 Å². The zero-order valence-electron chi connectivity index (χ0n) is 16.1. The van der Waals surface area contributed by atoms with Crippen LogP contribution in [-0.4, -0.2) is 22.6 Å². The number of azo groups is 1. The Labute approximate surface area is 168 Å². The van der Waals surface area contributed by atoms with Crippen LogP contribution in [0.25, 0.3) is 0 Å². The van der Waals surface area contributed by atoms with Gasteiger partial charge in [-0.1, -0.05) is 22.9 Å². The van der Waals surface area contributed by atoms with Crippen molar-refractivity contribution in [2.75, 3.05) is 18.0 Å². The lowest BCUT2D eigenvalue weighted by Crippen LogP contribution is -2.28. The van der Waals surface area contributed by atoms with E-state index in [1.54, 1.807) is 0 Å². The van der Waals surface area contributed by atoms with Crippen LogP contribution < -0.4 is 9.47 Å². The van der Waals surface area contributed by atoms with Crippen molar-refractivity contribution in [3.8, 4) is 0 Å². The minimum absolute atomic E-state index is 0.590. The van der Waals surface area contributed by atoms with E-state index < -0.39 is 0 Å². The molecule has 142 valence electrons. The first-order chi connectivity index (χ1) is 13.0. The van der Waals surface area contributed by atoms with Gasteiger partial charge < -0.3 is 4.90 Å². The van der Waals surface area contributed by atoms with E-state index in [0.29, 0.717) is 15.8 Å². The van der Waals surface area contributed by atoms with Crippen molar-refractivity contribution in [3.63, 3.8) is 0 Å². The second-order valence-corrected chi connectivity index (χ2v) is 7.96. The Hall–Kier alpha value is -2.25. The summed E-state index contributed by atoms with van der Waals surface area (Å²) < 4.78 is 4.21. The van der Waals surface area contributed by atoms with Gasteiger partial charge in [0.2, 0.25) is 11.5 Å². The number of aryl methyl sites for hydroxylation is 3. The molecule has 0 N–H and O–H groups in total. The van der Waals surface area contributed by atoms with Crippen LogP contribution in [-0.2, 0) is 13.6 Å². The van der Waals surface area contributed by atoms with Gasteiger partial charge in [-0.2, -0.15) is 0 Å². The molecule has 0 saturated heterocycles. The molecule has 27 heavy (non-hydrogen) atoms. The number of rotatable bonds is 7. The fourth-order valence-electron chi connectivity index (χ4n) is 2.71. The van der Waals surface area contributed by atoms with Gasteiger partial charge >= 0.3 is 0 Å². The van der Waals surface area contributed by atoms with Crippen molar-refractivity contribution in [1.82, 2.24) is 9.55 Å². The number of hydrogen-bond acceptors (Lipinski definition) is 5. The standard InChI is InChI=1S/C19H24ClN6S/c1-5-26(11-10-25-9-8-24(4)13-25)16-6-7-18(17(20)12-16)22-23-19-21-14(2)15(3)27-19/h6-9,12-13H,5,10-11H2,1-4H3/q+1/b23-22+. The number of likely N-dealkylation sites (N-methyl/N-ethyl adjacent to an activating group) is 1. The second-order valence-electron chi connectivity index (χ2n) is 6.37. The first-order valence-corrected chi connectivity index (χ1v) is 10.1. The van der Waals surface area contributed by atoms with Gasteiger partial charge in [-0.15, -0.1) is 10.2 Å². The highest BCUT2D eigenvalue weighted by atomic mass is 35.5. The van der Waals surface area contributed by atoms with Crippen LogP contribution in [0, 0.1) is 13.8 Å². The summed E-state index contributed by atoms with van der Waals surface area (Å²) in [6.45, 7) is 8.86. The Bertz CT molecular complexity index is 926. The van der Waals surface area contributed by atoms with Gasteiger partial charge in [-0.05, 0) is 39.0 Å². The van der Waals surface area contributed by atoms with Crippen molar-refractivity contribution in [3.05, 3.63) is 52.5 Å². The summed E-state index contributed by atoms with van der Waals surface area (Å²) in [5.41, 5.74) is 2.73. The molecule has 1 aromatic carbocycles. The Morgan fingerprint density at radius 3 is 2.70 bits per heavy atom. The predicted octanol–water partition coefficient (Wildman–Crippen LogP) is 4.98. The minimum atomic E-state index is 0.590. The van der Waals surface area contributed by atoms with E-state index in [0.717, 1.165) is 35.9 Å². The average Bonchev–Trinajstić information content (AvgIpc) is 3.20. The Morgan fingerprint density at radius 2 is 2.11 bits per heavy atom. The van der Waals surface area contributed by atoms with Gasteiger partial charge in [-0.25, -0.2) is 14.1 Å². The van der Waals surface area contributed by atoms with Crippen LogP contribution in [0.1, 0.15) is 17.5 Å². The van der Waals surface area contributed by atoms with Gasteiger partial charge in [0.25, 0.3) is 0 Å². The monoisotopic (exact) mass is 403 g/mol. The molecule has 0 amide bonds. The van der Waals surface area contributed by atoms with E-state index in [1.807, 2.05) is 49.9 Å². The van der Waals surface area contributed by atoms with Crippen LogP contribution in [0.5, 0.6) is 0 Å². The van der Waals surface area contributed by atoms with Crippen LogP contribution in [0.4, 0.5) is 16.5 Å². The van der Waals surface area contributed by atoms with E-state index in [4.69, 9.17) is 11.6 Å². The molecule has 0 aliphatic rings. The highest BCUT2D eigenvalue weighted by Gasteiger charge is 2.10. The average molecular weight is 404 g/mol. The van der Waals surface area contributed by atoms with Crippen LogP contribution in [0.15, 0.2) is 47.1 Å². The number of anilines is 1. The highest BCUT2D eigenvalue weighted by Crippen LogP contribution is 2.32. The van der Waals surface area contributed by atoms with Crippen molar-refractivity contribution in [2.45, 2.75) is 27.3 Å². The zero-order valence-corrected chi connectivity index (χ0v) is 17.6. The number of thiazole rings is 1. The third-order valence-electron chi connectivity index (χ3n) is 4.39. The fourth-order valence-corrected chi connectivity index (χ4v) is 3.65. The summed E-state index contributed by atoms with van der Waals surface area (Å²) in [6, 6.07) is 5.90. The Balaban J connectivity index is 1.70. The third kappa shape index (κ3) is 4.93. The molecule has 0 saturated carbocycles. The predicted molar refractivity (Wildman–Crippen MR) is 111 cm³/mol. The number of imidazole rings is 1. The Kier molecular flexibility index (Phi) is 6.23. The smallest absolute Gasteiger partial charge is 0.243 e. The summed E-state index contributed by atoms with van der Waals surface area (Å²) in [4.78, 5) is 7.82. The quantitative estimate of drug-likeness (QED) is 0.412. The molecule has 6 nitrogen and oxygen atoms in total. The molecule has 0 atom stereocenters. The summed E-state index contributed by atoms with van der Waals surface area (Å²) >= 11 is 7.98. The summed E-state index contributed by atoms with van der Waals surface area (Å²) in [5, 5.41) is 9.73. The molecule has 0 spiro atoms. The molecule has 8 heteroatoms. The van der Waals surface area contributed by atoms with Crippen molar-refractivity contribution in [2.24, 2.45) is 17.3 Å². The molecule has 2 aromatic heterocycles. The molecule has 2 heterocycles. The number of hydrogen-bond donors (Lipinski definition) is 0. The van der Waals surface area contributed by atoms with E-state index >= 15 is 0 Å².